The molecule has 0 fully saturated rings. The van der Waals surface area contributed by atoms with Crippen LogP contribution in [0.4, 0.5) is 4.39 Å². The molecule has 0 saturated heterocycles. The number of pyridine rings is 1. The van der Waals surface area contributed by atoms with Crippen LogP contribution in [0.5, 0.6) is 0 Å². The monoisotopic (exact) mass is 278 g/mol. The van der Waals surface area contributed by atoms with Crippen LogP contribution < -0.4 is 5.32 Å². The summed E-state index contributed by atoms with van der Waals surface area (Å²) in [6, 6.07) is 9.39. The second-order valence-electron chi connectivity index (χ2n) is 4.00. The molecule has 3 nitrogen and oxygen atoms in total. The second-order valence-corrected chi connectivity index (χ2v) is 4.43. The quantitative estimate of drug-likeness (QED) is 0.934. The third-order valence-electron chi connectivity index (χ3n) is 2.54. The summed E-state index contributed by atoms with van der Waals surface area (Å²) in [5.74, 6) is -0.570. The molecule has 1 amide bonds. The third-order valence-corrected chi connectivity index (χ3v) is 2.78. The Bertz CT molecular complexity index is 589. The molecule has 0 spiro atoms. The minimum absolute atomic E-state index is 0.270. The minimum atomic E-state index is -0.293. The van der Waals surface area contributed by atoms with Crippen molar-refractivity contribution < 1.29 is 9.18 Å². The van der Waals surface area contributed by atoms with Crippen LogP contribution >= 0.6 is 11.6 Å². The Balaban J connectivity index is 1.87. The van der Waals surface area contributed by atoms with Gasteiger partial charge in [-0.05, 0) is 36.2 Å². The number of nitrogens with zero attached hydrogens (tertiary/aromatic N) is 1. The van der Waals surface area contributed by atoms with Gasteiger partial charge in [0.15, 0.2) is 0 Å². The number of benzene rings is 1. The van der Waals surface area contributed by atoms with Crippen molar-refractivity contribution >= 4 is 17.5 Å². The highest BCUT2D eigenvalue weighted by Gasteiger charge is 2.06. The van der Waals surface area contributed by atoms with Crippen LogP contribution in [0.3, 0.4) is 0 Å². The summed E-state index contributed by atoms with van der Waals surface area (Å²) in [7, 11) is 0. The molecule has 2 rings (SSSR count). The van der Waals surface area contributed by atoms with Crippen molar-refractivity contribution in [3.63, 3.8) is 0 Å². The van der Waals surface area contributed by atoms with E-state index in [1.165, 1.54) is 24.4 Å². The molecule has 0 aliphatic carbocycles. The zero-order valence-electron chi connectivity index (χ0n) is 10.1. The van der Waals surface area contributed by atoms with E-state index in [9.17, 15) is 9.18 Å². The molecule has 2 aromatic rings. The number of nitrogens with one attached hydrogen (secondary N) is 1. The maximum Gasteiger partial charge on any atom is 0.269 e. The van der Waals surface area contributed by atoms with Gasteiger partial charge in [-0.3, -0.25) is 9.78 Å². The van der Waals surface area contributed by atoms with Gasteiger partial charge in [0.25, 0.3) is 5.91 Å². The summed E-state index contributed by atoms with van der Waals surface area (Å²) in [6.07, 6.45) is 2.04. The number of halogens is 2. The van der Waals surface area contributed by atoms with Crippen LogP contribution in [0.1, 0.15) is 16.1 Å². The second kappa shape index (κ2) is 6.29. The summed E-state index contributed by atoms with van der Waals surface area (Å²) in [5, 5.41) is 3.17. The van der Waals surface area contributed by atoms with Gasteiger partial charge >= 0.3 is 0 Å². The van der Waals surface area contributed by atoms with Gasteiger partial charge in [0.05, 0.1) is 0 Å². The number of carbonyl (C=O) groups excluding carboxylic acids is 1. The van der Waals surface area contributed by atoms with Crippen LogP contribution in [0.25, 0.3) is 0 Å². The van der Waals surface area contributed by atoms with Crippen molar-refractivity contribution in [1.82, 2.24) is 10.3 Å². The topological polar surface area (TPSA) is 42.0 Å². The maximum atomic E-state index is 13.0. The van der Waals surface area contributed by atoms with Gasteiger partial charge in [-0.1, -0.05) is 23.7 Å². The summed E-state index contributed by atoms with van der Waals surface area (Å²) in [4.78, 5) is 15.7. The normalized spacial score (nSPS) is 10.2. The molecule has 1 aromatic carbocycles. The molecule has 1 N–H and O–H groups in total. The van der Waals surface area contributed by atoms with Crippen LogP contribution in [-0.4, -0.2) is 17.4 Å². The lowest BCUT2D eigenvalue weighted by atomic mass is 10.1. The zero-order chi connectivity index (χ0) is 13.7. The summed E-state index contributed by atoms with van der Waals surface area (Å²) >= 11 is 5.77. The van der Waals surface area contributed by atoms with Crippen LogP contribution in [0, 0.1) is 5.82 Å². The van der Waals surface area contributed by atoms with Gasteiger partial charge in [0.1, 0.15) is 11.5 Å². The molecule has 0 radical (unpaired) electrons. The van der Waals surface area contributed by atoms with Gasteiger partial charge in [0.2, 0.25) is 0 Å². The van der Waals surface area contributed by atoms with E-state index in [0.717, 1.165) is 5.56 Å². The molecule has 0 atom stereocenters. The van der Waals surface area contributed by atoms with Gasteiger partial charge in [-0.2, -0.15) is 0 Å². The lowest BCUT2D eigenvalue weighted by Gasteiger charge is -2.05. The Morgan fingerprint density at radius 1 is 1.32 bits per heavy atom. The van der Waals surface area contributed by atoms with E-state index in [1.807, 2.05) is 6.07 Å². The number of amides is 1. The first-order valence-corrected chi connectivity index (χ1v) is 6.17. The van der Waals surface area contributed by atoms with E-state index in [2.05, 4.69) is 10.3 Å². The maximum absolute atomic E-state index is 13.0. The van der Waals surface area contributed by atoms with E-state index in [4.69, 9.17) is 11.6 Å². The van der Waals surface area contributed by atoms with E-state index in [0.29, 0.717) is 18.0 Å². The lowest BCUT2D eigenvalue weighted by molar-refractivity contribution is 0.0949. The molecular weight excluding hydrogens is 267 g/mol. The molecule has 1 aromatic heterocycles. The van der Waals surface area contributed by atoms with Gasteiger partial charge in [-0.15, -0.1) is 0 Å². The van der Waals surface area contributed by atoms with Crippen molar-refractivity contribution in [1.29, 1.82) is 0 Å². The average Bonchev–Trinajstić information content (AvgIpc) is 2.38. The van der Waals surface area contributed by atoms with Gasteiger partial charge in [0, 0.05) is 17.8 Å². The standard InChI is InChI=1S/C14H12ClFN2O/c15-11-5-7-17-13(9-11)14(19)18-6-4-10-2-1-3-12(16)8-10/h1-3,5,7-9H,4,6H2,(H,18,19). The smallest absolute Gasteiger partial charge is 0.269 e. The predicted molar refractivity (Wildman–Crippen MR) is 71.7 cm³/mol. The molecule has 0 bridgehead atoms. The van der Waals surface area contributed by atoms with E-state index in [1.54, 1.807) is 12.1 Å². The Morgan fingerprint density at radius 3 is 2.89 bits per heavy atom. The molecule has 0 saturated carbocycles. The molecule has 19 heavy (non-hydrogen) atoms. The van der Waals surface area contributed by atoms with Gasteiger partial charge < -0.3 is 5.32 Å². The fourth-order valence-corrected chi connectivity index (χ4v) is 1.79. The number of rotatable bonds is 4. The van der Waals surface area contributed by atoms with Crippen molar-refractivity contribution in [2.45, 2.75) is 6.42 Å². The SMILES string of the molecule is O=C(NCCc1cccc(F)c1)c1cc(Cl)ccn1. The van der Waals surface area contributed by atoms with Crippen LogP contribution in [-0.2, 0) is 6.42 Å². The highest BCUT2D eigenvalue weighted by Crippen LogP contribution is 2.08. The Labute approximate surface area is 115 Å². The zero-order valence-corrected chi connectivity index (χ0v) is 10.8. The Kier molecular flexibility index (Phi) is 4.47. The van der Waals surface area contributed by atoms with E-state index >= 15 is 0 Å². The summed E-state index contributed by atoms with van der Waals surface area (Å²) in [5.41, 5.74) is 1.10. The van der Waals surface area contributed by atoms with Gasteiger partial charge in [-0.25, -0.2) is 4.39 Å². The predicted octanol–water partition coefficient (Wildman–Crippen LogP) is 2.85. The highest BCUT2D eigenvalue weighted by atomic mass is 35.5. The van der Waals surface area contributed by atoms with E-state index < -0.39 is 0 Å². The average molecular weight is 279 g/mol. The number of carbonyl (C=O) groups is 1. The fraction of sp³-hybridized carbons (Fsp3) is 0.143. The van der Waals surface area contributed by atoms with Crippen LogP contribution in [0.15, 0.2) is 42.6 Å². The molecule has 0 aliphatic heterocycles. The number of hydrogen-bond donors (Lipinski definition) is 1. The van der Waals surface area contributed by atoms with Crippen molar-refractivity contribution in [2.24, 2.45) is 0 Å². The lowest BCUT2D eigenvalue weighted by Crippen LogP contribution is -2.26. The van der Waals surface area contributed by atoms with Crippen molar-refractivity contribution in [2.75, 3.05) is 6.54 Å². The molecule has 98 valence electrons. The van der Waals surface area contributed by atoms with Crippen LogP contribution in [0.2, 0.25) is 5.02 Å². The first-order valence-electron chi connectivity index (χ1n) is 5.79. The van der Waals surface area contributed by atoms with Crippen molar-refractivity contribution in [3.8, 4) is 0 Å². The molecule has 0 aliphatic rings. The first-order chi connectivity index (χ1) is 9.15. The highest BCUT2D eigenvalue weighted by molar-refractivity contribution is 6.30. The number of hydrogen-bond acceptors (Lipinski definition) is 2. The third kappa shape index (κ3) is 4.03. The number of aromatic nitrogens is 1. The first kappa shape index (κ1) is 13.5. The molecule has 1 heterocycles. The molecule has 5 heteroatoms. The summed E-state index contributed by atoms with van der Waals surface area (Å²) in [6.45, 7) is 0.413. The van der Waals surface area contributed by atoms with Crippen molar-refractivity contribution in [3.05, 3.63) is 64.7 Å². The Hall–Kier alpha value is -1.94. The Morgan fingerprint density at radius 2 is 2.16 bits per heavy atom. The largest absolute Gasteiger partial charge is 0.350 e. The fourth-order valence-electron chi connectivity index (χ4n) is 1.63. The minimum Gasteiger partial charge on any atom is -0.350 e. The molecule has 0 unspecified atom stereocenters. The molecular formula is C14H12ClFN2O. The van der Waals surface area contributed by atoms with E-state index in [-0.39, 0.29) is 17.4 Å². The summed E-state index contributed by atoms with van der Waals surface area (Å²) < 4.78 is 13.0.